The number of rotatable bonds is 6. The maximum atomic E-state index is 5.66. The van der Waals surface area contributed by atoms with E-state index in [9.17, 15) is 0 Å². The van der Waals surface area contributed by atoms with E-state index in [1.54, 1.807) is 20.3 Å². The summed E-state index contributed by atoms with van der Waals surface area (Å²) in [6.45, 7) is 0. The Morgan fingerprint density at radius 1 is 0.759 bits per heavy atom. The third kappa shape index (κ3) is 3.77. The van der Waals surface area contributed by atoms with Gasteiger partial charge >= 0.3 is 0 Å². The molecule has 0 atom stereocenters. The monoisotopic (exact) mass is 406 g/mol. The van der Waals surface area contributed by atoms with Gasteiger partial charge in [0.05, 0.1) is 31.2 Å². The molecule has 4 aromatic rings. The van der Waals surface area contributed by atoms with E-state index in [1.165, 1.54) is 0 Å². The van der Waals surface area contributed by atoms with Crippen LogP contribution < -0.4 is 13.8 Å². The fourth-order valence-electron chi connectivity index (χ4n) is 3.15. The summed E-state index contributed by atoms with van der Waals surface area (Å²) in [4.78, 5) is 8.30. The van der Waals surface area contributed by atoms with Crippen LogP contribution in [0.25, 0.3) is 33.9 Å². The van der Waals surface area contributed by atoms with Crippen LogP contribution in [0.1, 0.15) is 0 Å². The van der Waals surface area contributed by atoms with Gasteiger partial charge in [-0.2, -0.15) is 0 Å². The number of para-hydroxylation sites is 1. The van der Waals surface area contributed by atoms with Crippen LogP contribution in [0.15, 0.2) is 72.8 Å². The van der Waals surface area contributed by atoms with Gasteiger partial charge in [0.15, 0.2) is 5.75 Å². The van der Waals surface area contributed by atoms with Crippen LogP contribution in [0.4, 0.5) is 0 Å². The van der Waals surface area contributed by atoms with Gasteiger partial charge in [0.25, 0.3) is 0 Å². The lowest BCUT2D eigenvalue weighted by atomic mass is 10.0. The number of imidazole rings is 1. The minimum absolute atomic E-state index is 0.533. The molecular formula is C23H19ClN2O3. The molecule has 0 saturated heterocycles. The lowest BCUT2D eigenvalue weighted by Gasteiger charge is -2.06. The first-order valence-electron chi connectivity index (χ1n) is 9.00. The first kappa shape index (κ1) is 18.9. The van der Waals surface area contributed by atoms with E-state index in [1.807, 2.05) is 66.7 Å². The summed E-state index contributed by atoms with van der Waals surface area (Å²) in [6, 6.07) is 23.1. The topological polar surface area (TPSA) is 56.4 Å². The molecule has 0 spiro atoms. The molecule has 0 unspecified atom stereocenters. The van der Waals surface area contributed by atoms with Crippen molar-refractivity contribution >= 4 is 11.9 Å². The molecule has 1 heterocycles. The van der Waals surface area contributed by atoms with E-state index in [-0.39, 0.29) is 0 Å². The van der Waals surface area contributed by atoms with Crippen molar-refractivity contribution in [3.63, 3.8) is 0 Å². The Kier molecular flexibility index (Phi) is 5.40. The normalized spacial score (nSPS) is 10.6. The zero-order valence-electron chi connectivity index (χ0n) is 16.0. The van der Waals surface area contributed by atoms with Crippen molar-refractivity contribution < 1.29 is 13.8 Å². The average molecular weight is 407 g/mol. The molecule has 0 aliphatic carbocycles. The number of ether oxygens (including phenoxy) is 2. The highest BCUT2D eigenvalue weighted by molar-refractivity contribution is 6.09. The molecular weight excluding hydrogens is 388 g/mol. The Morgan fingerprint density at radius 3 is 1.93 bits per heavy atom. The molecule has 0 saturated carbocycles. The lowest BCUT2D eigenvalue weighted by Crippen LogP contribution is -1.87. The Hall–Kier alpha value is -3.44. The highest BCUT2D eigenvalue weighted by Crippen LogP contribution is 2.37. The zero-order chi connectivity index (χ0) is 20.2. The second kappa shape index (κ2) is 8.29. The summed E-state index contributed by atoms with van der Waals surface area (Å²) < 4.78 is 15.6. The van der Waals surface area contributed by atoms with Crippen molar-refractivity contribution in [2.75, 3.05) is 14.2 Å². The predicted molar refractivity (Wildman–Crippen MR) is 114 cm³/mol. The SMILES string of the molecule is COc1ccc(-c2nc(-c3ccccc3OCl)[nH]c2-c2ccc(OC)cc2)cc1. The number of hydrogen-bond donors (Lipinski definition) is 1. The van der Waals surface area contributed by atoms with Crippen LogP contribution in [0.3, 0.4) is 0 Å². The summed E-state index contributed by atoms with van der Waals surface area (Å²) in [5, 5.41) is 0. The first-order chi connectivity index (χ1) is 14.2. The largest absolute Gasteiger partial charge is 0.497 e. The van der Waals surface area contributed by atoms with Gasteiger partial charge < -0.3 is 18.7 Å². The van der Waals surface area contributed by atoms with Crippen LogP contribution in [-0.4, -0.2) is 24.2 Å². The number of H-pyrrole nitrogens is 1. The van der Waals surface area contributed by atoms with Crippen LogP contribution in [0.5, 0.6) is 17.2 Å². The minimum atomic E-state index is 0.533. The molecule has 29 heavy (non-hydrogen) atoms. The van der Waals surface area contributed by atoms with Gasteiger partial charge in [0.2, 0.25) is 0 Å². The van der Waals surface area contributed by atoms with E-state index < -0.39 is 0 Å². The fraction of sp³-hybridized carbons (Fsp3) is 0.0870. The number of aromatic amines is 1. The fourth-order valence-corrected chi connectivity index (χ4v) is 3.29. The molecule has 0 aliphatic heterocycles. The van der Waals surface area contributed by atoms with Gasteiger partial charge in [0.1, 0.15) is 29.2 Å². The molecule has 1 aromatic heterocycles. The summed E-state index contributed by atoms with van der Waals surface area (Å²) >= 11 is 5.66. The number of nitrogens with one attached hydrogen (secondary N) is 1. The second-order valence-corrected chi connectivity index (χ2v) is 6.49. The van der Waals surface area contributed by atoms with Crippen LogP contribution >= 0.6 is 11.9 Å². The zero-order valence-corrected chi connectivity index (χ0v) is 16.7. The van der Waals surface area contributed by atoms with E-state index in [0.29, 0.717) is 11.6 Å². The Morgan fingerprint density at radius 2 is 1.34 bits per heavy atom. The maximum absolute atomic E-state index is 5.66. The quantitative estimate of drug-likeness (QED) is 0.429. The van der Waals surface area contributed by atoms with Crippen molar-refractivity contribution in [3.05, 3.63) is 72.8 Å². The lowest BCUT2D eigenvalue weighted by molar-refractivity contribution is 0.414. The van der Waals surface area contributed by atoms with Crippen LogP contribution in [0.2, 0.25) is 0 Å². The molecule has 3 aromatic carbocycles. The highest BCUT2D eigenvalue weighted by atomic mass is 35.5. The van der Waals surface area contributed by atoms with Crippen LogP contribution in [0, 0.1) is 0 Å². The molecule has 0 radical (unpaired) electrons. The van der Waals surface area contributed by atoms with Crippen molar-refractivity contribution in [2.24, 2.45) is 0 Å². The first-order valence-corrected chi connectivity index (χ1v) is 9.31. The van der Waals surface area contributed by atoms with E-state index in [4.69, 9.17) is 30.6 Å². The summed E-state index contributed by atoms with van der Waals surface area (Å²) in [6.07, 6.45) is 0. The van der Waals surface area contributed by atoms with E-state index >= 15 is 0 Å². The Bertz CT molecular complexity index is 1040. The predicted octanol–water partition coefficient (Wildman–Crippen LogP) is 5.96. The smallest absolute Gasteiger partial charge is 0.157 e. The minimum Gasteiger partial charge on any atom is -0.497 e. The van der Waals surface area contributed by atoms with Gasteiger partial charge in [-0.3, -0.25) is 0 Å². The van der Waals surface area contributed by atoms with Gasteiger partial charge in [-0.1, -0.05) is 12.1 Å². The summed E-state index contributed by atoms with van der Waals surface area (Å²) in [5.74, 6) is 2.78. The number of aromatic nitrogens is 2. The van der Waals surface area contributed by atoms with Crippen molar-refractivity contribution in [3.8, 4) is 51.2 Å². The molecule has 0 bridgehead atoms. The molecule has 0 fully saturated rings. The van der Waals surface area contributed by atoms with Crippen molar-refractivity contribution in [2.45, 2.75) is 0 Å². The maximum Gasteiger partial charge on any atom is 0.157 e. The van der Waals surface area contributed by atoms with E-state index in [0.717, 1.165) is 39.6 Å². The second-order valence-electron chi connectivity index (χ2n) is 6.34. The van der Waals surface area contributed by atoms with E-state index in [2.05, 4.69) is 4.98 Å². The summed E-state index contributed by atoms with van der Waals surface area (Å²) in [7, 11) is 3.29. The number of methoxy groups -OCH3 is 2. The average Bonchev–Trinajstić information content (AvgIpc) is 3.24. The molecule has 0 amide bonds. The highest BCUT2D eigenvalue weighted by Gasteiger charge is 2.18. The Labute approximate surface area is 174 Å². The number of halogens is 1. The molecule has 4 rings (SSSR count). The third-order valence-corrected chi connectivity index (χ3v) is 4.84. The van der Waals surface area contributed by atoms with Gasteiger partial charge in [-0.15, -0.1) is 0 Å². The number of benzene rings is 3. The van der Waals surface area contributed by atoms with Gasteiger partial charge in [0, 0.05) is 11.1 Å². The van der Waals surface area contributed by atoms with Crippen molar-refractivity contribution in [1.29, 1.82) is 0 Å². The summed E-state index contributed by atoms with van der Waals surface area (Å²) in [5.41, 5.74) is 4.43. The van der Waals surface area contributed by atoms with Crippen LogP contribution in [-0.2, 0) is 0 Å². The number of hydrogen-bond acceptors (Lipinski definition) is 4. The third-order valence-electron chi connectivity index (χ3n) is 4.67. The standard InChI is InChI=1S/C23H19ClN2O3/c1-27-17-11-7-15(8-12-17)21-22(16-9-13-18(28-2)14-10-16)26-23(25-21)19-5-3-4-6-20(19)29-24/h3-14H,1-2H3,(H,25,26). The molecule has 1 N–H and O–H groups in total. The number of nitrogens with zero attached hydrogens (tertiary/aromatic N) is 1. The van der Waals surface area contributed by atoms with Gasteiger partial charge in [-0.05, 0) is 60.7 Å². The Balaban J connectivity index is 1.87. The molecule has 146 valence electrons. The molecule has 5 nitrogen and oxygen atoms in total. The molecule has 6 heteroatoms. The molecule has 0 aliphatic rings. The van der Waals surface area contributed by atoms with Crippen molar-refractivity contribution in [1.82, 2.24) is 9.97 Å². The van der Waals surface area contributed by atoms with Gasteiger partial charge in [-0.25, -0.2) is 4.98 Å².